The average Bonchev–Trinajstić information content (AvgIpc) is 3.33. The van der Waals surface area contributed by atoms with Gasteiger partial charge in [0.2, 0.25) is 0 Å². The average molecular weight is 435 g/mol. The number of allylic oxidation sites excluding steroid dienone is 3. The lowest BCUT2D eigenvalue weighted by Crippen LogP contribution is -2.20. The quantitative estimate of drug-likeness (QED) is 0.645. The first-order chi connectivity index (χ1) is 14.4. The van der Waals surface area contributed by atoms with Gasteiger partial charge in [-0.25, -0.2) is 9.38 Å². The van der Waals surface area contributed by atoms with Crippen LogP contribution in [0.15, 0.2) is 46.4 Å². The third-order valence-corrected chi connectivity index (χ3v) is 5.52. The molecule has 0 saturated heterocycles. The van der Waals surface area contributed by atoms with Crippen molar-refractivity contribution >= 4 is 22.2 Å². The number of alkyl halides is 3. The largest absolute Gasteiger partial charge is 0.418 e. The molecule has 3 N–H and O–H groups in total. The summed E-state index contributed by atoms with van der Waals surface area (Å²) < 4.78 is 41.2. The molecule has 1 aliphatic carbocycles. The van der Waals surface area contributed by atoms with E-state index >= 15 is 0 Å². The molecular formula is C20H20F3N5OS. The number of hydrogen-bond acceptors (Lipinski definition) is 6. The van der Waals surface area contributed by atoms with Crippen molar-refractivity contribution in [3.8, 4) is 11.8 Å². The third kappa shape index (κ3) is 3.99. The Morgan fingerprint density at radius 2 is 1.97 bits per heavy atom. The maximum Gasteiger partial charge on any atom is 0.418 e. The number of aromatic nitrogens is 1. The van der Waals surface area contributed by atoms with Crippen molar-refractivity contribution in [2.45, 2.75) is 39.4 Å². The first-order valence-electron chi connectivity index (χ1n) is 9.42. The number of nitriles is 1. The van der Waals surface area contributed by atoms with E-state index in [2.05, 4.69) is 16.2 Å². The van der Waals surface area contributed by atoms with Crippen LogP contribution in [0, 0.1) is 11.3 Å². The molecule has 0 fully saturated rings. The van der Waals surface area contributed by atoms with Crippen molar-refractivity contribution in [2.75, 3.05) is 10.7 Å². The van der Waals surface area contributed by atoms with Crippen molar-refractivity contribution in [2.24, 2.45) is 0 Å². The fraction of sp³-hybridized carbons (Fsp3) is 0.300. The predicted molar refractivity (Wildman–Crippen MR) is 112 cm³/mol. The van der Waals surface area contributed by atoms with Crippen molar-refractivity contribution in [3.63, 3.8) is 0 Å². The second-order valence-corrected chi connectivity index (χ2v) is 7.18. The van der Waals surface area contributed by atoms with Gasteiger partial charge in [0.05, 0.1) is 16.9 Å². The Labute approximate surface area is 175 Å². The standard InChI is InChI=1S/C18H14F3N5OS.C2H6/c19-18(20,21)12-4-1-2-5-14(12)24-16-10(8-22)17(27)26(28-16)15-7-3-6-13-11(15)9-23-25-13;1-2/h3-7,23-25H,1-2,9H2;1-2H3. The number of nitrogens with zero attached hydrogens (tertiary/aromatic N) is 2. The van der Waals surface area contributed by atoms with Crippen molar-refractivity contribution < 1.29 is 13.2 Å². The number of nitrogens with one attached hydrogen (secondary N) is 3. The highest BCUT2D eigenvalue weighted by Gasteiger charge is 2.37. The zero-order valence-electron chi connectivity index (χ0n) is 16.4. The van der Waals surface area contributed by atoms with E-state index in [4.69, 9.17) is 0 Å². The topological polar surface area (TPSA) is 81.9 Å². The van der Waals surface area contributed by atoms with Gasteiger partial charge in [0.15, 0.2) is 5.56 Å². The number of rotatable bonds is 3. The van der Waals surface area contributed by atoms with Gasteiger partial charge >= 0.3 is 6.18 Å². The summed E-state index contributed by atoms with van der Waals surface area (Å²) in [5, 5.41) is 12.2. The van der Waals surface area contributed by atoms with E-state index in [0.717, 1.165) is 28.9 Å². The maximum absolute atomic E-state index is 13.3. The molecule has 6 nitrogen and oxygen atoms in total. The van der Waals surface area contributed by atoms with E-state index in [1.165, 1.54) is 10.0 Å². The smallest absolute Gasteiger partial charge is 0.345 e. The molecule has 1 aliphatic heterocycles. The molecule has 1 aromatic heterocycles. The molecule has 0 unspecified atom stereocenters. The Kier molecular flexibility index (Phi) is 6.34. The van der Waals surface area contributed by atoms with Crippen LogP contribution in [0.2, 0.25) is 0 Å². The third-order valence-electron chi connectivity index (χ3n) is 4.49. The van der Waals surface area contributed by atoms with Crippen LogP contribution in [0.1, 0.15) is 37.8 Å². The van der Waals surface area contributed by atoms with Crippen LogP contribution >= 0.6 is 11.5 Å². The summed E-state index contributed by atoms with van der Waals surface area (Å²) in [5.41, 5.74) is 6.46. The molecule has 2 heterocycles. The first-order valence-corrected chi connectivity index (χ1v) is 10.2. The molecule has 0 amide bonds. The molecule has 10 heteroatoms. The monoisotopic (exact) mass is 435 g/mol. The molecule has 2 aliphatic rings. The lowest BCUT2D eigenvalue weighted by Gasteiger charge is -2.19. The van der Waals surface area contributed by atoms with E-state index in [0.29, 0.717) is 25.1 Å². The molecule has 0 spiro atoms. The normalized spacial score (nSPS) is 15.1. The van der Waals surface area contributed by atoms with Crippen molar-refractivity contribution in [1.29, 1.82) is 5.26 Å². The highest BCUT2D eigenvalue weighted by atomic mass is 32.1. The van der Waals surface area contributed by atoms with E-state index in [-0.39, 0.29) is 16.3 Å². The Balaban J connectivity index is 0.00000124. The molecule has 0 atom stereocenters. The minimum absolute atomic E-state index is 0.0901. The Morgan fingerprint density at radius 1 is 1.23 bits per heavy atom. The number of halogens is 3. The molecule has 1 aromatic carbocycles. The highest BCUT2D eigenvalue weighted by molar-refractivity contribution is 7.11. The van der Waals surface area contributed by atoms with Crippen LogP contribution in [0.25, 0.3) is 5.69 Å². The lowest BCUT2D eigenvalue weighted by atomic mass is 10.0. The first kappa shape index (κ1) is 21.7. The van der Waals surface area contributed by atoms with Crippen molar-refractivity contribution in [1.82, 2.24) is 9.38 Å². The summed E-state index contributed by atoms with van der Waals surface area (Å²) in [6.07, 6.45) is -1.22. The number of fused-ring (bicyclic) bond motifs is 1. The highest BCUT2D eigenvalue weighted by Crippen LogP contribution is 2.36. The molecule has 158 valence electrons. The number of hydrogen-bond donors (Lipinski definition) is 3. The van der Waals surface area contributed by atoms with Gasteiger partial charge < -0.3 is 10.7 Å². The van der Waals surface area contributed by atoms with Crippen LogP contribution in [0.4, 0.5) is 23.9 Å². The fourth-order valence-electron chi connectivity index (χ4n) is 3.20. The van der Waals surface area contributed by atoms with Gasteiger partial charge in [0.1, 0.15) is 11.1 Å². The van der Waals surface area contributed by atoms with E-state index in [9.17, 15) is 23.2 Å². The molecule has 0 bridgehead atoms. The van der Waals surface area contributed by atoms with Gasteiger partial charge in [-0.1, -0.05) is 32.1 Å². The van der Waals surface area contributed by atoms with E-state index < -0.39 is 17.3 Å². The SMILES string of the molecule is CC.N#Cc1c(NC2=CCCC=C2C(F)(F)F)sn(-c2cccc3c2CNN3)c1=O. The molecule has 4 rings (SSSR count). The number of anilines is 2. The Bertz CT molecular complexity index is 1110. The molecule has 0 radical (unpaired) electrons. The molecular weight excluding hydrogens is 415 g/mol. The summed E-state index contributed by atoms with van der Waals surface area (Å²) in [6.45, 7) is 4.48. The summed E-state index contributed by atoms with van der Waals surface area (Å²) in [4.78, 5) is 12.8. The van der Waals surface area contributed by atoms with Crippen LogP contribution in [-0.4, -0.2) is 10.1 Å². The minimum atomic E-state index is -4.52. The number of hydrazine groups is 1. The predicted octanol–water partition coefficient (Wildman–Crippen LogP) is 4.81. The zero-order valence-corrected chi connectivity index (χ0v) is 17.2. The van der Waals surface area contributed by atoms with Gasteiger partial charge in [-0.15, -0.1) is 0 Å². The summed E-state index contributed by atoms with van der Waals surface area (Å²) >= 11 is 0.916. The maximum atomic E-state index is 13.3. The summed E-state index contributed by atoms with van der Waals surface area (Å²) in [7, 11) is 0. The fourth-order valence-corrected chi connectivity index (χ4v) is 4.21. The second-order valence-electron chi connectivity index (χ2n) is 6.22. The summed E-state index contributed by atoms with van der Waals surface area (Å²) in [5.74, 6) is 0. The van der Waals surface area contributed by atoms with Crippen LogP contribution in [0.5, 0.6) is 0 Å². The Morgan fingerprint density at radius 3 is 2.67 bits per heavy atom. The van der Waals surface area contributed by atoms with Crippen LogP contribution < -0.4 is 21.7 Å². The van der Waals surface area contributed by atoms with E-state index in [1.54, 1.807) is 12.1 Å². The van der Waals surface area contributed by atoms with Gasteiger partial charge in [0, 0.05) is 17.8 Å². The van der Waals surface area contributed by atoms with Gasteiger partial charge in [-0.3, -0.25) is 4.79 Å². The second kappa shape index (κ2) is 8.77. The van der Waals surface area contributed by atoms with Gasteiger partial charge in [-0.05, 0) is 36.5 Å². The van der Waals surface area contributed by atoms with E-state index in [1.807, 2.05) is 26.0 Å². The number of benzene rings is 1. The Hall–Kier alpha value is -3.03. The van der Waals surface area contributed by atoms with Gasteiger partial charge in [-0.2, -0.15) is 18.4 Å². The lowest BCUT2D eigenvalue weighted by molar-refractivity contribution is -0.0896. The zero-order chi connectivity index (χ0) is 21.9. The molecule has 0 saturated carbocycles. The summed E-state index contributed by atoms with van der Waals surface area (Å²) in [6, 6.07) is 7.15. The van der Waals surface area contributed by atoms with Gasteiger partial charge in [0.25, 0.3) is 5.56 Å². The van der Waals surface area contributed by atoms with Crippen molar-refractivity contribution in [3.05, 3.63) is 63.1 Å². The molecule has 2 aromatic rings. The van der Waals surface area contributed by atoms with Crippen LogP contribution in [-0.2, 0) is 6.54 Å². The van der Waals surface area contributed by atoms with Crippen LogP contribution in [0.3, 0.4) is 0 Å². The molecule has 30 heavy (non-hydrogen) atoms. The minimum Gasteiger partial charge on any atom is -0.345 e.